The Morgan fingerprint density at radius 2 is 2.18 bits per heavy atom. The van der Waals surface area contributed by atoms with Crippen LogP contribution < -0.4 is 16.0 Å². The van der Waals surface area contributed by atoms with Crippen molar-refractivity contribution < 1.29 is 9.59 Å². The topological polar surface area (TPSA) is 70.2 Å². The highest BCUT2D eigenvalue weighted by atomic mass is 32.2. The summed E-state index contributed by atoms with van der Waals surface area (Å²) in [6.07, 6.45) is 1.36. The van der Waals surface area contributed by atoms with Crippen molar-refractivity contribution in [2.24, 2.45) is 0 Å². The van der Waals surface area contributed by atoms with Crippen molar-refractivity contribution in [3.63, 3.8) is 0 Å². The number of hydrogen-bond acceptors (Lipinski definition) is 4. The van der Waals surface area contributed by atoms with Crippen LogP contribution in [0.1, 0.15) is 19.8 Å². The molecule has 0 aromatic rings. The lowest BCUT2D eigenvalue weighted by molar-refractivity contribution is -0.126. The lowest BCUT2D eigenvalue weighted by Gasteiger charge is -2.22. The Labute approximate surface area is 106 Å². The fourth-order valence-corrected chi connectivity index (χ4v) is 2.50. The van der Waals surface area contributed by atoms with Crippen LogP contribution in [0.5, 0.6) is 0 Å². The Hall–Kier alpha value is -0.750. The molecule has 0 bridgehead atoms. The molecule has 6 heteroatoms. The van der Waals surface area contributed by atoms with Gasteiger partial charge in [-0.3, -0.25) is 9.59 Å². The van der Waals surface area contributed by atoms with E-state index in [-0.39, 0.29) is 24.4 Å². The number of thioether (sulfide) groups is 1. The Kier molecular flexibility index (Phi) is 7.04. The predicted molar refractivity (Wildman–Crippen MR) is 70.0 cm³/mol. The molecule has 0 aliphatic carbocycles. The maximum absolute atomic E-state index is 11.5. The molecule has 0 aromatic heterocycles. The van der Waals surface area contributed by atoms with Gasteiger partial charge in [0, 0.05) is 37.1 Å². The first-order valence-corrected chi connectivity index (χ1v) is 7.22. The third-order valence-corrected chi connectivity index (χ3v) is 3.58. The molecular weight excluding hydrogens is 238 g/mol. The van der Waals surface area contributed by atoms with E-state index in [0.29, 0.717) is 13.0 Å². The van der Waals surface area contributed by atoms with Crippen LogP contribution in [0.2, 0.25) is 0 Å². The minimum atomic E-state index is -0.119. The second-order valence-electron chi connectivity index (χ2n) is 4.06. The molecule has 3 N–H and O–H groups in total. The normalized spacial score (nSPS) is 19.7. The molecule has 2 amide bonds. The van der Waals surface area contributed by atoms with E-state index in [2.05, 4.69) is 16.0 Å². The lowest BCUT2D eigenvalue weighted by Crippen LogP contribution is -2.43. The van der Waals surface area contributed by atoms with Crippen molar-refractivity contribution in [1.82, 2.24) is 16.0 Å². The second kappa shape index (κ2) is 8.36. The van der Waals surface area contributed by atoms with Gasteiger partial charge in [-0.05, 0) is 6.42 Å². The van der Waals surface area contributed by atoms with Gasteiger partial charge in [-0.25, -0.2) is 0 Å². The quantitative estimate of drug-likeness (QED) is 0.614. The van der Waals surface area contributed by atoms with Crippen molar-refractivity contribution >= 4 is 23.6 Å². The van der Waals surface area contributed by atoms with Gasteiger partial charge in [-0.15, -0.1) is 0 Å². The monoisotopic (exact) mass is 259 g/mol. The summed E-state index contributed by atoms with van der Waals surface area (Å²) in [6.45, 7) is 3.69. The van der Waals surface area contributed by atoms with Gasteiger partial charge in [0.2, 0.25) is 11.8 Å². The van der Waals surface area contributed by atoms with Crippen LogP contribution in [0.15, 0.2) is 0 Å². The summed E-state index contributed by atoms with van der Waals surface area (Å²) >= 11 is 1.86. The van der Waals surface area contributed by atoms with E-state index in [9.17, 15) is 9.59 Å². The number of nitrogens with one attached hydrogen (secondary N) is 3. The van der Waals surface area contributed by atoms with Gasteiger partial charge in [-0.2, -0.15) is 11.8 Å². The molecule has 0 saturated carbocycles. The number of rotatable bonds is 6. The van der Waals surface area contributed by atoms with Gasteiger partial charge in [0.15, 0.2) is 0 Å². The first kappa shape index (κ1) is 14.3. The van der Waals surface area contributed by atoms with Crippen molar-refractivity contribution in [3.8, 4) is 0 Å². The third-order valence-electron chi connectivity index (χ3n) is 2.45. The van der Waals surface area contributed by atoms with Crippen LogP contribution in [-0.4, -0.2) is 49.0 Å². The summed E-state index contributed by atoms with van der Waals surface area (Å²) in [7, 11) is 0. The predicted octanol–water partition coefficient (Wildman–Crippen LogP) is -0.276. The van der Waals surface area contributed by atoms with Gasteiger partial charge in [0.05, 0.1) is 6.54 Å². The number of hydrogen-bond donors (Lipinski definition) is 3. The molecule has 0 spiro atoms. The zero-order chi connectivity index (χ0) is 12.5. The minimum absolute atomic E-state index is 0.0587. The Bertz CT molecular complexity index is 255. The maximum atomic E-state index is 11.5. The SMILES string of the molecule is CCCNC(=O)CNC(=O)CC1CSCCN1. The van der Waals surface area contributed by atoms with E-state index in [0.717, 1.165) is 24.5 Å². The summed E-state index contributed by atoms with van der Waals surface area (Å²) in [5, 5.41) is 8.65. The van der Waals surface area contributed by atoms with Crippen LogP contribution in [0, 0.1) is 0 Å². The molecule has 1 atom stereocenters. The van der Waals surface area contributed by atoms with E-state index < -0.39 is 0 Å². The highest BCUT2D eigenvalue weighted by Gasteiger charge is 2.16. The van der Waals surface area contributed by atoms with Crippen molar-refractivity contribution in [3.05, 3.63) is 0 Å². The molecule has 5 nitrogen and oxygen atoms in total. The smallest absolute Gasteiger partial charge is 0.239 e. The van der Waals surface area contributed by atoms with Crippen LogP contribution >= 0.6 is 11.8 Å². The van der Waals surface area contributed by atoms with Gasteiger partial charge in [0.25, 0.3) is 0 Å². The summed E-state index contributed by atoms with van der Waals surface area (Å²) in [6, 6.07) is 0.243. The Balaban J connectivity index is 2.09. The standard InChI is InChI=1S/C11H21N3O2S/c1-2-3-13-11(16)7-14-10(15)6-9-8-17-5-4-12-9/h9,12H,2-8H2,1H3,(H,13,16)(H,14,15). The second-order valence-corrected chi connectivity index (χ2v) is 5.21. The summed E-state index contributed by atoms with van der Waals surface area (Å²) < 4.78 is 0. The average Bonchev–Trinajstić information content (AvgIpc) is 2.35. The summed E-state index contributed by atoms with van der Waals surface area (Å²) in [4.78, 5) is 22.8. The largest absolute Gasteiger partial charge is 0.355 e. The summed E-state index contributed by atoms with van der Waals surface area (Å²) in [5.41, 5.74) is 0. The molecule has 0 aromatic carbocycles. The maximum Gasteiger partial charge on any atom is 0.239 e. The van der Waals surface area contributed by atoms with Crippen LogP contribution in [-0.2, 0) is 9.59 Å². The zero-order valence-corrected chi connectivity index (χ0v) is 11.1. The van der Waals surface area contributed by atoms with Crippen molar-refractivity contribution in [1.29, 1.82) is 0 Å². The van der Waals surface area contributed by atoms with Crippen LogP contribution in [0.4, 0.5) is 0 Å². The molecular formula is C11H21N3O2S. The zero-order valence-electron chi connectivity index (χ0n) is 10.3. The lowest BCUT2D eigenvalue weighted by atomic mass is 10.2. The Morgan fingerprint density at radius 1 is 1.35 bits per heavy atom. The molecule has 1 aliphatic heterocycles. The van der Waals surface area contributed by atoms with Gasteiger partial charge >= 0.3 is 0 Å². The van der Waals surface area contributed by atoms with Crippen molar-refractivity contribution in [2.75, 3.05) is 31.1 Å². The van der Waals surface area contributed by atoms with Crippen LogP contribution in [0.25, 0.3) is 0 Å². The highest BCUT2D eigenvalue weighted by molar-refractivity contribution is 7.99. The molecule has 1 aliphatic rings. The number of carbonyl (C=O) groups is 2. The third kappa shape index (κ3) is 6.53. The first-order chi connectivity index (χ1) is 8.22. The Morgan fingerprint density at radius 3 is 2.82 bits per heavy atom. The molecule has 17 heavy (non-hydrogen) atoms. The minimum Gasteiger partial charge on any atom is -0.355 e. The van der Waals surface area contributed by atoms with E-state index in [1.54, 1.807) is 0 Å². The molecule has 1 saturated heterocycles. The van der Waals surface area contributed by atoms with Crippen molar-refractivity contribution in [2.45, 2.75) is 25.8 Å². The van der Waals surface area contributed by atoms with Crippen LogP contribution in [0.3, 0.4) is 0 Å². The van der Waals surface area contributed by atoms with Gasteiger partial charge in [0.1, 0.15) is 0 Å². The fraction of sp³-hybridized carbons (Fsp3) is 0.818. The molecule has 1 unspecified atom stereocenters. The van der Waals surface area contributed by atoms with E-state index >= 15 is 0 Å². The average molecular weight is 259 g/mol. The number of amides is 2. The van der Waals surface area contributed by atoms with Gasteiger partial charge < -0.3 is 16.0 Å². The molecule has 98 valence electrons. The van der Waals surface area contributed by atoms with E-state index in [1.165, 1.54) is 0 Å². The van der Waals surface area contributed by atoms with E-state index in [4.69, 9.17) is 0 Å². The molecule has 0 radical (unpaired) electrons. The molecule has 1 heterocycles. The van der Waals surface area contributed by atoms with Gasteiger partial charge in [-0.1, -0.05) is 6.92 Å². The first-order valence-electron chi connectivity index (χ1n) is 6.07. The number of carbonyl (C=O) groups excluding carboxylic acids is 2. The van der Waals surface area contributed by atoms with E-state index in [1.807, 2.05) is 18.7 Å². The fourth-order valence-electron chi connectivity index (χ4n) is 1.55. The highest BCUT2D eigenvalue weighted by Crippen LogP contribution is 2.09. The molecule has 1 fully saturated rings. The summed E-state index contributed by atoms with van der Waals surface area (Å²) in [5.74, 6) is 1.90. The molecule has 1 rings (SSSR count).